The standard InChI is InChI=1S/C15H15N3O4/c1-10(11-4-3-5-12(8-11)18(20)21)17-15(19)14-9-13(22-2)6-7-16-14/h3-10H,1-2H3,(H,17,19)/t10-/m1/s1. The van der Waals surface area contributed by atoms with Gasteiger partial charge in [0.25, 0.3) is 11.6 Å². The minimum Gasteiger partial charge on any atom is -0.497 e. The number of rotatable bonds is 5. The topological polar surface area (TPSA) is 94.4 Å². The lowest BCUT2D eigenvalue weighted by molar-refractivity contribution is -0.384. The number of non-ortho nitro benzene ring substituents is 1. The summed E-state index contributed by atoms with van der Waals surface area (Å²) in [5.74, 6) is 0.154. The Balaban J connectivity index is 2.13. The van der Waals surface area contributed by atoms with Crippen LogP contribution in [0.4, 0.5) is 5.69 Å². The number of benzene rings is 1. The molecule has 0 aliphatic heterocycles. The zero-order valence-corrected chi connectivity index (χ0v) is 12.1. The maximum Gasteiger partial charge on any atom is 0.270 e. The van der Waals surface area contributed by atoms with Gasteiger partial charge in [-0.1, -0.05) is 12.1 Å². The van der Waals surface area contributed by atoms with E-state index in [1.807, 2.05) is 0 Å². The van der Waals surface area contributed by atoms with Gasteiger partial charge in [-0.25, -0.2) is 0 Å². The fourth-order valence-corrected chi connectivity index (χ4v) is 1.92. The van der Waals surface area contributed by atoms with Crippen LogP contribution in [-0.2, 0) is 0 Å². The molecule has 1 heterocycles. The molecule has 2 rings (SSSR count). The van der Waals surface area contributed by atoms with Gasteiger partial charge in [0.2, 0.25) is 0 Å². The number of nitrogens with zero attached hydrogens (tertiary/aromatic N) is 2. The van der Waals surface area contributed by atoms with E-state index < -0.39 is 4.92 Å². The predicted octanol–water partition coefficient (Wildman–Crippen LogP) is 2.49. The zero-order chi connectivity index (χ0) is 16.1. The van der Waals surface area contributed by atoms with E-state index in [1.165, 1.54) is 31.5 Å². The lowest BCUT2D eigenvalue weighted by Crippen LogP contribution is -2.27. The van der Waals surface area contributed by atoms with E-state index in [-0.39, 0.29) is 23.3 Å². The van der Waals surface area contributed by atoms with Crippen LogP contribution >= 0.6 is 0 Å². The molecule has 1 N–H and O–H groups in total. The first kappa shape index (κ1) is 15.4. The van der Waals surface area contributed by atoms with Gasteiger partial charge in [0.1, 0.15) is 11.4 Å². The molecular weight excluding hydrogens is 286 g/mol. The summed E-state index contributed by atoms with van der Waals surface area (Å²) >= 11 is 0. The molecule has 1 amide bonds. The normalized spacial score (nSPS) is 11.5. The lowest BCUT2D eigenvalue weighted by atomic mass is 10.1. The van der Waals surface area contributed by atoms with Gasteiger partial charge in [0, 0.05) is 24.4 Å². The number of hydrogen-bond donors (Lipinski definition) is 1. The van der Waals surface area contributed by atoms with Crippen molar-refractivity contribution in [1.29, 1.82) is 0 Å². The smallest absolute Gasteiger partial charge is 0.270 e. The molecule has 0 saturated heterocycles. The number of nitrogens with one attached hydrogen (secondary N) is 1. The molecule has 2 aromatic rings. The molecule has 0 bridgehead atoms. The molecular formula is C15H15N3O4. The van der Waals surface area contributed by atoms with Gasteiger partial charge in [-0.15, -0.1) is 0 Å². The van der Waals surface area contributed by atoms with Crippen LogP contribution in [0.15, 0.2) is 42.6 Å². The molecule has 7 nitrogen and oxygen atoms in total. The number of amides is 1. The highest BCUT2D eigenvalue weighted by molar-refractivity contribution is 5.92. The fourth-order valence-electron chi connectivity index (χ4n) is 1.92. The van der Waals surface area contributed by atoms with Crippen molar-refractivity contribution in [3.05, 3.63) is 64.0 Å². The highest BCUT2D eigenvalue weighted by Gasteiger charge is 2.15. The van der Waals surface area contributed by atoms with Crippen LogP contribution in [0.1, 0.15) is 29.0 Å². The Kier molecular flexibility index (Phi) is 4.67. The number of hydrogen-bond acceptors (Lipinski definition) is 5. The molecule has 114 valence electrons. The molecule has 0 fully saturated rings. The van der Waals surface area contributed by atoms with Gasteiger partial charge in [-0.2, -0.15) is 0 Å². The third-order valence-electron chi connectivity index (χ3n) is 3.13. The van der Waals surface area contributed by atoms with Gasteiger partial charge in [-0.3, -0.25) is 19.9 Å². The van der Waals surface area contributed by atoms with Crippen molar-refractivity contribution in [2.24, 2.45) is 0 Å². The Labute approximate surface area is 127 Å². The Morgan fingerprint density at radius 1 is 1.36 bits per heavy atom. The predicted molar refractivity (Wildman–Crippen MR) is 79.8 cm³/mol. The van der Waals surface area contributed by atoms with E-state index in [0.717, 1.165) is 0 Å². The second-order valence-corrected chi connectivity index (χ2v) is 4.63. The third-order valence-corrected chi connectivity index (χ3v) is 3.13. The molecule has 1 atom stereocenters. The molecule has 0 saturated carbocycles. The first-order chi connectivity index (χ1) is 10.5. The fraction of sp³-hybridized carbons (Fsp3) is 0.200. The monoisotopic (exact) mass is 301 g/mol. The van der Waals surface area contributed by atoms with E-state index in [9.17, 15) is 14.9 Å². The van der Waals surface area contributed by atoms with Crippen molar-refractivity contribution >= 4 is 11.6 Å². The minimum absolute atomic E-state index is 0.0156. The number of carbonyl (C=O) groups excluding carboxylic acids is 1. The molecule has 1 aromatic heterocycles. The highest BCUT2D eigenvalue weighted by Crippen LogP contribution is 2.19. The quantitative estimate of drug-likeness (QED) is 0.676. The van der Waals surface area contributed by atoms with E-state index in [1.54, 1.807) is 25.1 Å². The largest absolute Gasteiger partial charge is 0.497 e. The Hall–Kier alpha value is -2.96. The first-order valence-electron chi connectivity index (χ1n) is 6.56. The average Bonchev–Trinajstić information content (AvgIpc) is 2.54. The Morgan fingerprint density at radius 2 is 2.14 bits per heavy atom. The van der Waals surface area contributed by atoms with Crippen LogP contribution in [0.25, 0.3) is 0 Å². The minimum atomic E-state index is -0.471. The number of methoxy groups -OCH3 is 1. The lowest BCUT2D eigenvalue weighted by Gasteiger charge is -2.14. The number of carbonyl (C=O) groups is 1. The molecule has 0 unspecified atom stereocenters. The van der Waals surface area contributed by atoms with Crippen molar-refractivity contribution in [3.63, 3.8) is 0 Å². The number of aromatic nitrogens is 1. The summed E-state index contributed by atoms with van der Waals surface area (Å²) in [6.07, 6.45) is 1.48. The summed E-state index contributed by atoms with van der Waals surface area (Å²) in [7, 11) is 1.50. The number of pyridine rings is 1. The summed E-state index contributed by atoms with van der Waals surface area (Å²) < 4.78 is 5.04. The first-order valence-corrected chi connectivity index (χ1v) is 6.56. The van der Waals surface area contributed by atoms with E-state index in [0.29, 0.717) is 11.3 Å². The molecule has 0 aliphatic carbocycles. The van der Waals surface area contributed by atoms with Gasteiger partial charge in [0.15, 0.2) is 0 Å². The van der Waals surface area contributed by atoms with Crippen molar-refractivity contribution < 1.29 is 14.5 Å². The highest BCUT2D eigenvalue weighted by atomic mass is 16.6. The number of nitro groups is 1. The van der Waals surface area contributed by atoms with Crippen molar-refractivity contribution in [1.82, 2.24) is 10.3 Å². The van der Waals surface area contributed by atoms with Gasteiger partial charge in [0.05, 0.1) is 18.1 Å². The maximum atomic E-state index is 12.2. The second kappa shape index (κ2) is 6.66. The van der Waals surface area contributed by atoms with Crippen LogP contribution in [0.5, 0.6) is 5.75 Å². The van der Waals surface area contributed by atoms with Gasteiger partial charge >= 0.3 is 0 Å². The zero-order valence-electron chi connectivity index (χ0n) is 12.1. The van der Waals surface area contributed by atoms with Crippen LogP contribution in [0.3, 0.4) is 0 Å². The SMILES string of the molecule is COc1ccnc(C(=O)N[C@H](C)c2cccc([N+](=O)[O-])c2)c1. The Morgan fingerprint density at radius 3 is 2.82 bits per heavy atom. The van der Waals surface area contributed by atoms with Crippen molar-refractivity contribution in [2.45, 2.75) is 13.0 Å². The third kappa shape index (κ3) is 3.57. The van der Waals surface area contributed by atoms with E-state index >= 15 is 0 Å². The van der Waals surface area contributed by atoms with Crippen LogP contribution in [0, 0.1) is 10.1 Å². The molecule has 7 heteroatoms. The Bertz CT molecular complexity index is 703. The van der Waals surface area contributed by atoms with Crippen molar-refractivity contribution in [3.8, 4) is 5.75 Å². The number of ether oxygens (including phenoxy) is 1. The summed E-state index contributed by atoms with van der Waals surface area (Å²) in [5.41, 5.74) is 0.847. The summed E-state index contributed by atoms with van der Waals surface area (Å²) in [6.45, 7) is 1.75. The van der Waals surface area contributed by atoms with E-state index in [4.69, 9.17) is 4.74 Å². The molecule has 22 heavy (non-hydrogen) atoms. The van der Waals surface area contributed by atoms with Crippen LogP contribution < -0.4 is 10.1 Å². The molecule has 0 aliphatic rings. The average molecular weight is 301 g/mol. The second-order valence-electron chi connectivity index (χ2n) is 4.63. The van der Waals surface area contributed by atoms with Gasteiger partial charge < -0.3 is 10.1 Å². The van der Waals surface area contributed by atoms with Gasteiger partial charge in [-0.05, 0) is 18.6 Å². The van der Waals surface area contributed by atoms with Crippen molar-refractivity contribution in [2.75, 3.05) is 7.11 Å². The molecule has 1 aromatic carbocycles. The number of nitro benzene ring substituents is 1. The van der Waals surface area contributed by atoms with E-state index in [2.05, 4.69) is 10.3 Å². The summed E-state index contributed by atoms with van der Waals surface area (Å²) in [4.78, 5) is 26.4. The van der Waals surface area contributed by atoms with Crippen LogP contribution in [0.2, 0.25) is 0 Å². The maximum absolute atomic E-state index is 12.2. The van der Waals surface area contributed by atoms with Crippen LogP contribution in [-0.4, -0.2) is 22.9 Å². The summed E-state index contributed by atoms with van der Waals surface area (Å²) in [6, 6.07) is 8.92. The molecule has 0 radical (unpaired) electrons. The molecule has 0 spiro atoms. The summed E-state index contributed by atoms with van der Waals surface area (Å²) in [5, 5.41) is 13.5.